The molecule has 0 atom stereocenters. The number of nitrogens with one attached hydrogen (secondary N) is 2. The van der Waals surface area contributed by atoms with Crippen molar-refractivity contribution in [3.63, 3.8) is 0 Å². The number of para-hydroxylation sites is 1. The highest BCUT2D eigenvalue weighted by atomic mass is 15.3. The van der Waals surface area contributed by atoms with Crippen LogP contribution in [0.15, 0.2) is 42.7 Å². The average molecular weight is 333 g/mol. The summed E-state index contributed by atoms with van der Waals surface area (Å²) in [6.45, 7) is 3.86. The van der Waals surface area contributed by atoms with Crippen molar-refractivity contribution in [3.8, 4) is 0 Å². The van der Waals surface area contributed by atoms with Crippen molar-refractivity contribution in [3.05, 3.63) is 59.5 Å². The fourth-order valence-electron chi connectivity index (χ4n) is 3.42. The first-order chi connectivity index (χ1) is 12.2. The van der Waals surface area contributed by atoms with Crippen molar-refractivity contribution in [2.24, 2.45) is 7.05 Å². The molecule has 4 rings (SSSR count). The summed E-state index contributed by atoms with van der Waals surface area (Å²) in [5, 5.41) is 10.4. The fourth-order valence-corrected chi connectivity index (χ4v) is 3.42. The van der Waals surface area contributed by atoms with Gasteiger partial charge in [0.15, 0.2) is 5.65 Å². The lowest BCUT2D eigenvalue weighted by Gasteiger charge is -2.05. The minimum absolute atomic E-state index is 0.838. The maximum atomic E-state index is 4.53. The number of H-pyrrole nitrogens is 1. The molecule has 25 heavy (non-hydrogen) atoms. The van der Waals surface area contributed by atoms with Gasteiger partial charge >= 0.3 is 0 Å². The monoisotopic (exact) mass is 333 g/mol. The average Bonchev–Trinajstić information content (AvgIpc) is 3.16. The Morgan fingerprint density at radius 1 is 1.20 bits per heavy atom. The van der Waals surface area contributed by atoms with Crippen LogP contribution in [0.4, 0.5) is 0 Å². The van der Waals surface area contributed by atoms with E-state index < -0.39 is 0 Å². The zero-order valence-electron chi connectivity index (χ0n) is 14.7. The molecule has 0 aliphatic rings. The zero-order chi connectivity index (χ0) is 17.2. The third-order valence-electron chi connectivity index (χ3n) is 4.72. The van der Waals surface area contributed by atoms with Crippen LogP contribution in [0.5, 0.6) is 0 Å². The molecule has 0 aliphatic heterocycles. The summed E-state index contributed by atoms with van der Waals surface area (Å²) in [4.78, 5) is 7.87. The van der Waals surface area contributed by atoms with Gasteiger partial charge in [-0.3, -0.25) is 4.68 Å². The highest BCUT2D eigenvalue weighted by Gasteiger charge is 2.07. The van der Waals surface area contributed by atoms with Crippen molar-refractivity contribution in [2.75, 3.05) is 6.54 Å². The molecule has 3 heterocycles. The van der Waals surface area contributed by atoms with Crippen LogP contribution in [0.3, 0.4) is 0 Å². The number of aryl methyl sites for hydroxylation is 3. The highest BCUT2D eigenvalue weighted by Crippen LogP contribution is 2.19. The van der Waals surface area contributed by atoms with Crippen molar-refractivity contribution < 1.29 is 0 Å². The number of fused-ring (bicyclic) bond motifs is 2. The van der Waals surface area contributed by atoms with E-state index in [4.69, 9.17) is 0 Å². The van der Waals surface area contributed by atoms with Gasteiger partial charge in [0.1, 0.15) is 0 Å². The second-order valence-corrected chi connectivity index (χ2v) is 6.56. The molecule has 5 nitrogen and oxygen atoms in total. The first kappa shape index (κ1) is 15.8. The van der Waals surface area contributed by atoms with E-state index in [1.54, 1.807) is 0 Å². The summed E-state index contributed by atoms with van der Waals surface area (Å²) < 4.78 is 1.84. The van der Waals surface area contributed by atoms with E-state index in [1.165, 1.54) is 22.0 Å². The molecule has 128 valence electrons. The third kappa shape index (κ3) is 3.15. The van der Waals surface area contributed by atoms with Gasteiger partial charge in [0.2, 0.25) is 0 Å². The maximum Gasteiger partial charge on any atom is 0.157 e. The number of rotatable bonds is 6. The number of hydrogen-bond acceptors (Lipinski definition) is 3. The summed E-state index contributed by atoms with van der Waals surface area (Å²) in [5.74, 6) is 0. The van der Waals surface area contributed by atoms with Gasteiger partial charge in [-0.2, -0.15) is 5.10 Å². The molecule has 4 aromatic rings. The molecule has 0 bridgehead atoms. The Kier molecular flexibility index (Phi) is 4.24. The molecule has 5 heteroatoms. The molecule has 0 radical (unpaired) electrons. The SMILES string of the molecule is Cc1nn(C)c2ncc(CNCCCc3c[nH]c4ccccc34)cc12. The predicted molar refractivity (Wildman–Crippen MR) is 102 cm³/mol. The molecular formula is C20H23N5. The van der Waals surface area contributed by atoms with E-state index in [1.807, 2.05) is 24.9 Å². The molecule has 0 aliphatic carbocycles. The molecule has 3 aromatic heterocycles. The van der Waals surface area contributed by atoms with Crippen molar-refractivity contribution in [2.45, 2.75) is 26.3 Å². The van der Waals surface area contributed by atoms with E-state index in [0.717, 1.165) is 42.7 Å². The minimum atomic E-state index is 0.838. The minimum Gasteiger partial charge on any atom is -0.361 e. The molecule has 0 saturated heterocycles. The Balaban J connectivity index is 1.31. The number of benzene rings is 1. The molecule has 0 saturated carbocycles. The maximum absolute atomic E-state index is 4.53. The van der Waals surface area contributed by atoms with Crippen LogP contribution in [0.25, 0.3) is 21.9 Å². The second-order valence-electron chi connectivity index (χ2n) is 6.56. The predicted octanol–water partition coefficient (Wildman–Crippen LogP) is 3.48. The van der Waals surface area contributed by atoms with Gasteiger partial charge in [0.05, 0.1) is 5.69 Å². The van der Waals surface area contributed by atoms with Crippen molar-refractivity contribution in [1.29, 1.82) is 0 Å². The van der Waals surface area contributed by atoms with Gasteiger partial charge in [-0.15, -0.1) is 0 Å². The standard InChI is InChI=1S/C20H23N5/c1-14-18-10-15(12-23-20(18)25(2)24-14)11-21-9-5-6-16-13-22-19-8-4-3-7-17(16)19/h3-4,7-8,10,12-13,21-22H,5-6,9,11H2,1-2H3. The van der Waals surface area contributed by atoms with Gasteiger partial charge in [-0.1, -0.05) is 18.2 Å². The fraction of sp³-hybridized carbons (Fsp3) is 0.300. The molecule has 0 fully saturated rings. The quantitative estimate of drug-likeness (QED) is 0.531. The normalized spacial score (nSPS) is 11.6. The molecule has 1 aromatic carbocycles. The lowest BCUT2D eigenvalue weighted by molar-refractivity contribution is 0.649. The van der Waals surface area contributed by atoms with E-state index in [-0.39, 0.29) is 0 Å². The number of pyridine rings is 1. The molecular weight excluding hydrogens is 310 g/mol. The lowest BCUT2D eigenvalue weighted by atomic mass is 10.1. The van der Waals surface area contributed by atoms with E-state index in [0.29, 0.717) is 0 Å². The number of hydrogen-bond donors (Lipinski definition) is 2. The first-order valence-corrected chi connectivity index (χ1v) is 8.76. The van der Waals surface area contributed by atoms with Crippen molar-refractivity contribution in [1.82, 2.24) is 25.1 Å². The van der Waals surface area contributed by atoms with Crippen LogP contribution in [0.2, 0.25) is 0 Å². The Labute approximate surface area is 147 Å². The highest BCUT2D eigenvalue weighted by molar-refractivity contribution is 5.83. The largest absolute Gasteiger partial charge is 0.361 e. The van der Waals surface area contributed by atoms with E-state index >= 15 is 0 Å². The van der Waals surface area contributed by atoms with E-state index in [2.05, 4.69) is 56.9 Å². The topological polar surface area (TPSA) is 58.5 Å². The van der Waals surface area contributed by atoms with E-state index in [9.17, 15) is 0 Å². The molecule has 0 spiro atoms. The van der Waals surface area contributed by atoms with Crippen molar-refractivity contribution >= 4 is 21.9 Å². The van der Waals surface area contributed by atoms with Crippen LogP contribution >= 0.6 is 0 Å². The van der Waals surface area contributed by atoms with Crippen LogP contribution < -0.4 is 5.32 Å². The molecule has 0 amide bonds. The zero-order valence-corrected chi connectivity index (χ0v) is 14.7. The summed E-state index contributed by atoms with van der Waals surface area (Å²) in [6, 6.07) is 10.7. The van der Waals surface area contributed by atoms with Gasteiger partial charge in [0.25, 0.3) is 0 Å². The molecule has 0 unspecified atom stereocenters. The van der Waals surface area contributed by atoms with Gasteiger partial charge in [-0.05, 0) is 49.6 Å². The second kappa shape index (κ2) is 6.69. The summed E-state index contributed by atoms with van der Waals surface area (Å²) in [5.41, 5.74) is 5.80. The van der Waals surface area contributed by atoms with Crippen LogP contribution in [-0.2, 0) is 20.0 Å². The van der Waals surface area contributed by atoms with Gasteiger partial charge < -0.3 is 10.3 Å². The Morgan fingerprint density at radius 3 is 3.00 bits per heavy atom. The lowest BCUT2D eigenvalue weighted by Crippen LogP contribution is -2.15. The Hall–Kier alpha value is -2.66. The number of aromatic nitrogens is 4. The Bertz CT molecular complexity index is 1010. The summed E-state index contributed by atoms with van der Waals surface area (Å²) >= 11 is 0. The van der Waals surface area contributed by atoms with Crippen LogP contribution in [0.1, 0.15) is 23.2 Å². The summed E-state index contributed by atoms with van der Waals surface area (Å²) in [7, 11) is 1.94. The first-order valence-electron chi connectivity index (χ1n) is 8.76. The van der Waals surface area contributed by atoms with Crippen LogP contribution in [0, 0.1) is 6.92 Å². The Morgan fingerprint density at radius 2 is 2.08 bits per heavy atom. The smallest absolute Gasteiger partial charge is 0.157 e. The number of nitrogens with zero attached hydrogens (tertiary/aromatic N) is 3. The van der Waals surface area contributed by atoms with Gasteiger partial charge in [-0.25, -0.2) is 4.98 Å². The summed E-state index contributed by atoms with van der Waals surface area (Å²) in [6.07, 6.45) is 6.27. The van der Waals surface area contributed by atoms with Gasteiger partial charge in [0, 0.05) is 42.3 Å². The number of aromatic amines is 1. The third-order valence-corrected chi connectivity index (χ3v) is 4.72. The molecule has 2 N–H and O–H groups in total. The van der Waals surface area contributed by atoms with Crippen LogP contribution in [-0.4, -0.2) is 26.3 Å².